The second-order valence-corrected chi connectivity index (χ2v) is 7.95. The van der Waals surface area contributed by atoms with Crippen LogP contribution >= 0.6 is 70.0 Å². The quantitative estimate of drug-likeness (QED) is 0.581. The highest BCUT2D eigenvalue weighted by atomic mass is 35.6. The fourth-order valence-corrected chi connectivity index (χ4v) is 2.60. The molecule has 0 saturated heterocycles. The molecule has 0 aliphatic heterocycles. The van der Waals surface area contributed by atoms with Gasteiger partial charge in [0.25, 0.3) is 9.02 Å². The predicted molar refractivity (Wildman–Crippen MR) is 77.3 cm³/mol. The molecule has 0 fully saturated rings. The van der Waals surface area contributed by atoms with Crippen LogP contribution in [0.2, 0.25) is 10.3 Å². The first kappa shape index (κ1) is 15.3. The van der Waals surface area contributed by atoms with Crippen molar-refractivity contribution < 1.29 is 4.42 Å². The lowest BCUT2D eigenvalue weighted by atomic mass is 10.3. The van der Waals surface area contributed by atoms with Gasteiger partial charge < -0.3 is 4.42 Å². The maximum Gasteiger partial charge on any atom is 0.448 e. The topological polar surface area (TPSA) is 60.9 Å². The molecule has 2 rings (SSSR count). The van der Waals surface area contributed by atoms with Gasteiger partial charge in [0, 0.05) is 17.5 Å². The van der Waals surface area contributed by atoms with Gasteiger partial charge in [-0.05, 0) is 12.1 Å². The fraction of sp³-hybridized carbons (Fsp3) is 0.125. The van der Waals surface area contributed by atoms with Crippen LogP contribution in [-0.2, 0) is 0 Å². The molecular weight excluding hydrogens is 379 g/mol. The van der Waals surface area contributed by atoms with Crippen molar-refractivity contribution >= 4 is 70.0 Å². The Bertz CT molecular complexity index is 645. The number of pyridine rings is 1. The Kier molecular flexibility index (Phi) is 4.59. The first-order valence-corrected chi connectivity index (χ1v) is 7.11. The molecule has 0 aliphatic carbocycles. The zero-order valence-electron chi connectivity index (χ0n) is 8.61. The zero-order chi connectivity index (χ0) is 14.2. The fourth-order valence-electron chi connectivity index (χ4n) is 1.13. The van der Waals surface area contributed by atoms with E-state index in [-0.39, 0.29) is 16.2 Å². The Morgan fingerprint density at radius 2 is 1.79 bits per heavy atom. The second kappa shape index (κ2) is 5.71. The molecule has 11 heteroatoms. The highest BCUT2D eigenvalue weighted by Gasteiger charge is 2.25. The van der Waals surface area contributed by atoms with Crippen molar-refractivity contribution in [2.24, 2.45) is 0 Å². The van der Waals surface area contributed by atoms with Crippen LogP contribution in [0.1, 0.15) is 0 Å². The average molecular weight is 381 g/mol. The summed E-state index contributed by atoms with van der Waals surface area (Å²) < 4.78 is 3.98. The van der Waals surface area contributed by atoms with Gasteiger partial charge in [-0.2, -0.15) is 0 Å². The van der Waals surface area contributed by atoms with Gasteiger partial charge in [0.15, 0.2) is 0 Å². The minimum atomic E-state index is -1.74. The summed E-state index contributed by atoms with van der Waals surface area (Å²) in [5.74, 6) is -0.812. The third-order valence-electron chi connectivity index (χ3n) is 1.72. The Balaban J connectivity index is 2.42. The number of halogens is 5. The molecule has 0 amide bonds. The van der Waals surface area contributed by atoms with E-state index in [4.69, 9.17) is 62.4 Å². The minimum Gasteiger partial charge on any atom is -0.387 e. The number of alkyl halides is 3. The van der Waals surface area contributed by atoms with Gasteiger partial charge >= 0.3 is 5.76 Å². The average Bonchev–Trinajstić information content (AvgIpc) is 2.56. The van der Waals surface area contributed by atoms with Gasteiger partial charge in [-0.25, -0.2) is 9.78 Å². The van der Waals surface area contributed by atoms with Crippen LogP contribution in [0.15, 0.2) is 21.3 Å². The molecule has 0 bridgehead atoms. The molecule has 0 radical (unpaired) electrons. The van der Waals surface area contributed by atoms with Crippen molar-refractivity contribution in [3.05, 3.63) is 33.0 Å². The van der Waals surface area contributed by atoms with E-state index in [2.05, 4.69) is 10.1 Å². The van der Waals surface area contributed by atoms with Crippen molar-refractivity contribution in [2.75, 3.05) is 0 Å². The van der Waals surface area contributed by atoms with E-state index in [0.29, 0.717) is 17.5 Å². The van der Waals surface area contributed by atoms with Crippen LogP contribution < -0.4 is 5.76 Å². The predicted octanol–water partition coefficient (Wildman–Crippen LogP) is 4.03. The van der Waals surface area contributed by atoms with Crippen LogP contribution in [0.25, 0.3) is 11.5 Å². The maximum atomic E-state index is 11.5. The normalized spacial score (nSPS) is 11.8. The summed E-state index contributed by atoms with van der Waals surface area (Å²) in [6.45, 7) is 0. The lowest BCUT2D eigenvalue weighted by Gasteiger charge is -2.06. The number of hydrogen-bond acceptors (Lipinski definition) is 5. The lowest BCUT2D eigenvalue weighted by molar-refractivity contribution is 0.523. The van der Waals surface area contributed by atoms with Crippen molar-refractivity contribution in [3.63, 3.8) is 0 Å². The first-order valence-electron chi connectivity index (χ1n) is 4.44. The summed E-state index contributed by atoms with van der Waals surface area (Å²) in [6, 6.07) is 2.87. The van der Waals surface area contributed by atoms with Crippen LogP contribution in [0, 0.1) is 0 Å². The van der Waals surface area contributed by atoms with Crippen LogP contribution in [0.3, 0.4) is 0 Å². The summed E-state index contributed by atoms with van der Waals surface area (Å²) in [5.41, 5.74) is 0.380. The van der Waals surface area contributed by atoms with Gasteiger partial charge in [-0.15, -0.1) is 9.19 Å². The monoisotopic (exact) mass is 379 g/mol. The van der Waals surface area contributed by atoms with E-state index in [9.17, 15) is 4.79 Å². The third-order valence-corrected chi connectivity index (χ3v) is 3.34. The Morgan fingerprint density at radius 1 is 1.21 bits per heavy atom. The summed E-state index contributed by atoms with van der Waals surface area (Å²) in [4.78, 5) is 15.3. The molecule has 5 nitrogen and oxygen atoms in total. The standard InChI is InChI=1S/C8H2Cl5N3O2S/c9-4-1-3(2-5(10)14-4)6-15-16(7(17)18-6)19-8(11,12)13/h1-2H. The largest absolute Gasteiger partial charge is 0.448 e. The lowest BCUT2D eigenvalue weighted by Crippen LogP contribution is -2.13. The van der Waals surface area contributed by atoms with Gasteiger partial charge in [-0.3, -0.25) is 0 Å². The van der Waals surface area contributed by atoms with Crippen LogP contribution in [0.4, 0.5) is 0 Å². The molecule has 0 unspecified atom stereocenters. The van der Waals surface area contributed by atoms with Gasteiger partial charge in [0.1, 0.15) is 10.3 Å². The molecule has 102 valence electrons. The van der Waals surface area contributed by atoms with E-state index in [1.807, 2.05) is 0 Å². The summed E-state index contributed by atoms with van der Waals surface area (Å²) in [6.07, 6.45) is 0. The molecule has 2 aromatic rings. The molecule has 0 atom stereocenters. The van der Waals surface area contributed by atoms with E-state index < -0.39 is 8.88 Å². The molecule has 0 saturated carbocycles. The Morgan fingerprint density at radius 3 is 2.32 bits per heavy atom. The third kappa shape index (κ3) is 4.18. The maximum absolute atomic E-state index is 11.5. The highest BCUT2D eigenvalue weighted by molar-refractivity contribution is 8.03. The Hall–Kier alpha value is -0.110. The first-order chi connectivity index (χ1) is 8.74. The summed E-state index contributed by atoms with van der Waals surface area (Å²) in [7, 11) is 0. The molecule has 2 heterocycles. The SMILES string of the molecule is O=c1oc(-c2cc(Cl)nc(Cl)c2)nn1SC(Cl)(Cl)Cl. The summed E-state index contributed by atoms with van der Waals surface area (Å²) in [5, 5.41) is 4.12. The molecular formula is C8H2Cl5N3O2S. The molecule has 0 aromatic carbocycles. The minimum absolute atomic E-state index is 0.0158. The number of hydrogen-bond donors (Lipinski definition) is 0. The van der Waals surface area contributed by atoms with E-state index >= 15 is 0 Å². The van der Waals surface area contributed by atoms with Crippen molar-refractivity contribution in [2.45, 2.75) is 3.12 Å². The number of nitrogens with zero attached hydrogens (tertiary/aromatic N) is 3. The van der Waals surface area contributed by atoms with Crippen molar-refractivity contribution in [1.29, 1.82) is 0 Å². The second-order valence-electron chi connectivity index (χ2n) is 3.08. The van der Waals surface area contributed by atoms with Gasteiger partial charge in [0.2, 0.25) is 0 Å². The van der Waals surface area contributed by atoms with Crippen molar-refractivity contribution in [1.82, 2.24) is 14.2 Å². The van der Waals surface area contributed by atoms with E-state index in [1.165, 1.54) is 12.1 Å². The highest BCUT2D eigenvalue weighted by Crippen LogP contribution is 2.38. The van der Waals surface area contributed by atoms with Crippen molar-refractivity contribution in [3.8, 4) is 11.5 Å². The molecule has 2 aromatic heterocycles. The van der Waals surface area contributed by atoms with Crippen LogP contribution in [-0.4, -0.2) is 17.3 Å². The van der Waals surface area contributed by atoms with E-state index in [1.54, 1.807) is 0 Å². The smallest absolute Gasteiger partial charge is 0.387 e. The molecule has 0 N–H and O–H groups in total. The number of rotatable bonds is 2. The Labute approximate surface area is 135 Å². The zero-order valence-corrected chi connectivity index (χ0v) is 13.2. The molecule has 19 heavy (non-hydrogen) atoms. The van der Waals surface area contributed by atoms with Crippen LogP contribution in [0.5, 0.6) is 0 Å². The molecule has 0 aliphatic rings. The molecule has 0 spiro atoms. The van der Waals surface area contributed by atoms with E-state index in [0.717, 1.165) is 4.09 Å². The van der Waals surface area contributed by atoms with Gasteiger partial charge in [0.05, 0.1) is 0 Å². The number of aromatic nitrogens is 3. The summed E-state index contributed by atoms with van der Waals surface area (Å²) >= 11 is 28.7. The van der Waals surface area contributed by atoms with Gasteiger partial charge in [-0.1, -0.05) is 58.0 Å².